The van der Waals surface area contributed by atoms with Gasteiger partial charge < -0.3 is 5.32 Å². The van der Waals surface area contributed by atoms with Crippen molar-refractivity contribution < 1.29 is 0 Å². The normalized spacial score (nSPS) is 32.8. The maximum atomic E-state index is 4.04. The highest BCUT2D eigenvalue weighted by Crippen LogP contribution is 2.52. The average molecular weight is 283 g/mol. The second-order valence-electron chi connectivity index (χ2n) is 8.20. The maximum Gasteiger partial charge on any atom is 0.0130 e. The lowest BCUT2D eigenvalue weighted by molar-refractivity contribution is 0.273. The van der Waals surface area contributed by atoms with Crippen molar-refractivity contribution in [2.24, 2.45) is 23.2 Å². The minimum Gasteiger partial charge on any atom is -0.313 e. The van der Waals surface area contributed by atoms with Gasteiger partial charge in [-0.15, -0.1) is 0 Å². The predicted octanol–water partition coefficient (Wildman–Crippen LogP) is 4.21. The first-order valence-corrected chi connectivity index (χ1v) is 8.98. The summed E-state index contributed by atoms with van der Waals surface area (Å²) >= 11 is 0. The summed E-state index contributed by atoms with van der Waals surface area (Å²) in [6.07, 6.45) is 8.37. The van der Waals surface area contributed by atoms with Crippen molar-refractivity contribution in [2.75, 3.05) is 6.54 Å². The van der Waals surface area contributed by atoms with E-state index in [4.69, 9.17) is 0 Å². The molecule has 2 bridgehead atoms. The molecule has 1 heteroatoms. The van der Waals surface area contributed by atoms with Crippen LogP contribution in [0.3, 0.4) is 0 Å². The van der Waals surface area contributed by atoms with Gasteiger partial charge in [-0.1, -0.05) is 38.1 Å². The van der Waals surface area contributed by atoms with Crippen molar-refractivity contribution in [1.82, 2.24) is 5.32 Å². The minimum absolute atomic E-state index is 0.637. The SMILES string of the molecule is CC(C)C1(CNC2C3CCC2Cc2ccccc2C3)CC1. The molecule has 21 heavy (non-hydrogen) atoms. The van der Waals surface area contributed by atoms with Gasteiger partial charge in [-0.05, 0) is 72.8 Å². The van der Waals surface area contributed by atoms with Gasteiger partial charge in [0.05, 0.1) is 0 Å². The predicted molar refractivity (Wildman–Crippen MR) is 88.4 cm³/mol. The van der Waals surface area contributed by atoms with Gasteiger partial charge in [0, 0.05) is 12.6 Å². The van der Waals surface area contributed by atoms with Gasteiger partial charge in [-0.3, -0.25) is 0 Å². The third-order valence-electron chi connectivity index (χ3n) is 6.81. The van der Waals surface area contributed by atoms with E-state index in [0.29, 0.717) is 5.41 Å². The van der Waals surface area contributed by atoms with Crippen LogP contribution in [0.4, 0.5) is 0 Å². The van der Waals surface area contributed by atoms with E-state index in [0.717, 1.165) is 23.8 Å². The molecule has 3 aliphatic rings. The Morgan fingerprint density at radius 2 is 1.62 bits per heavy atom. The fourth-order valence-electron chi connectivity index (χ4n) is 4.92. The van der Waals surface area contributed by atoms with Gasteiger partial charge in [0.15, 0.2) is 0 Å². The van der Waals surface area contributed by atoms with Crippen LogP contribution in [-0.2, 0) is 12.8 Å². The van der Waals surface area contributed by atoms with Gasteiger partial charge in [0.1, 0.15) is 0 Å². The molecule has 1 aromatic carbocycles. The van der Waals surface area contributed by atoms with Crippen molar-refractivity contribution in [3.05, 3.63) is 35.4 Å². The topological polar surface area (TPSA) is 12.0 Å². The van der Waals surface area contributed by atoms with Crippen molar-refractivity contribution in [2.45, 2.75) is 58.4 Å². The number of benzene rings is 1. The Kier molecular flexibility index (Phi) is 3.37. The van der Waals surface area contributed by atoms with Gasteiger partial charge in [-0.25, -0.2) is 0 Å². The Bertz CT molecular complexity index is 481. The molecule has 0 heterocycles. The zero-order valence-corrected chi connectivity index (χ0v) is 13.6. The molecule has 2 unspecified atom stereocenters. The quantitative estimate of drug-likeness (QED) is 0.873. The molecule has 0 spiro atoms. The van der Waals surface area contributed by atoms with Crippen molar-refractivity contribution >= 4 is 0 Å². The zero-order chi connectivity index (χ0) is 14.4. The number of hydrogen-bond donors (Lipinski definition) is 1. The summed E-state index contributed by atoms with van der Waals surface area (Å²) in [6.45, 7) is 6.08. The fourth-order valence-corrected chi connectivity index (χ4v) is 4.92. The highest BCUT2D eigenvalue weighted by Gasteiger charge is 2.47. The summed E-state index contributed by atoms with van der Waals surface area (Å²) in [5, 5.41) is 4.04. The molecular weight excluding hydrogens is 254 g/mol. The van der Waals surface area contributed by atoms with E-state index in [1.165, 1.54) is 45.1 Å². The molecule has 3 aliphatic carbocycles. The van der Waals surface area contributed by atoms with Crippen LogP contribution in [-0.4, -0.2) is 12.6 Å². The lowest BCUT2D eigenvalue weighted by atomic mass is 9.90. The second kappa shape index (κ2) is 5.12. The Balaban J connectivity index is 1.48. The highest BCUT2D eigenvalue weighted by atomic mass is 15.0. The molecule has 0 saturated heterocycles. The Morgan fingerprint density at radius 3 is 2.10 bits per heavy atom. The first kappa shape index (κ1) is 13.8. The number of fused-ring (bicyclic) bond motifs is 3. The van der Waals surface area contributed by atoms with Crippen LogP contribution in [0.2, 0.25) is 0 Å². The van der Waals surface area contributed by atoms with Gasteiger partial charge in [0.2, 0.25) is 0 Å². The van der Waals surface area contributed by atoms with Crippen LogP contribution in [0.5, 0.6) is 0 Å². The number of hydrogen-bond acceptors (Lipinski definition) is 1. The first-order valence-electron chi connectivity index (χ1n) is 8.98. The zero-order valence-electron chi connectivity index (χ0n) is 13.6. The third-order valence-corrected chi connectivity index (χ3v) is 6.81. The lowest BCUT2D eigenvalue weighted by Crippen LogP contribution is -2.42. The van der Waals surface area contributed by atoms with Gasteiger partial charge in [-0.2, -0.15) is 0 Å². The summed E-state index contributed by atoms with van der Waals surface area (Å²) in [5.41, 5.74) is 3.89. The molecule has 2 fully saturated rings. The minimum atomic E-state index is 0.637. The summed E-state index contributed by atoms with van der Waals surface area (Å²) in [7, 11) is 0. The largest absolute Gasteiger partial charge is 0.313 e. The second-order valence-corrected chi connectivity index (χ2v) is 8.20. The van der Waals surface area contributed by atoms with Crippen molar-refractivity contribution in [3.8, 4) is 0 Å². The van der Waals surface area contributed by atoms with Gasteiger partial charge >= 0.3 is 0 Å². The van der Waals surface area contributed by atoms with Crippen molar-refractivity contribution in [1.29, 1.82) is 0 Å². The van der Waals surface area contributed by atoms with Gasteiger partial charge in [0.25, 0.3) is 0 Å². The Morgan fingerprint density at radius 1 is 1.05 bits per heavy atom. The number of rotatable bonds is 4. The Hall–Kier alpha value is -0.820. The molecule has 2 atom stereocenters. The van der Waals surface area contributed by atoms with Crippen LogP contribution >= 0.6 is 0 Å². The van der Waals surface area contributed by atoms with E-state index in [1.54, 1.807) is 11.1 Å². The standard InChI is InChI=1S/C20H29N/c1-14(2)20(9-10-20)13-21-19-17-7-8-18(19)12-16-6-4-3-5-15(16)11-17/h3-6,14,17-19,21H,7-13H2,1-2H3. The lowest BCUT2D eigenvalue weighted by Gasteiger charge is -2.28. The number of nitrogens with one attached hydrogen (secondary N) is 1. The molecule has 0 aliphatic heterocycles. The molecule has 4 rings (SSSR count). The fraction of sp³-hybridized carbons (Fsp3) is 0.700. The molecule has 0 aromatic heterocycles. The molecule has 114 valence electrons. The van der Waals surface area contributed by atoms with Crippen molar-refractivity contribution in [3.63, 3.8) is 0 Å². The summed E-state index contributed by atoms with van der Waals surface area (Å²) < 4.78 is 0. The van der Waals surface area contributed by atoms with Crippen LogP contribution in [0.25, 0.3) is 0 Å². The van der Waals surface area contributed by atoms with Crippen LogP contribution in [0, 0.1) is 23.2 Å². The molecule has 0 radical (unpaired) electrons. The van der Waals surface area contributed by atoms with E-state index < -0.39 is 0 Å². The van der Waals surface area contributed by atoms with E-state index >= 15 is 0 Å². The highest BCUT2D eigenvalue weighted by molar-refractivity contribution is 5.30. The summed E-state index contributed by atoms with van der Waals surface area (Å²) in [4.78, 5) is 0. The Labute approximate surface area is 129 Å². The van der Waals surface area contributed by atoms with E-state index in [-0.39, 0.29) is 0 Å². The smallest absolute Gasteiger partial charge is 0.0130 e. The van der Waals surface area contributed by atoms with E-state index in [9.17, 15) is 0 Å². The molecule has 0 amide bonds. The average Bonchev–Trinajstić information content (AvgIpc) is 3.18. The van der Waals surface area contributed by atoms with Crippen LogP contribution in [0.15, 0.2) is 24.3 Å². The first-order chi connectivity index (χ1) is 10.2. The third kappa shape index (κ3) is 2.44. The molecule has 1 aromatic rings. The van der Waals surface area contributed by atoms with E-state index in [2.05, 4.69) is 43.4 Å². The summed E-state index contributed by atoms with van der Waals surface area (Å²) in [6, 6.07) is 9.94. The van der Waals surface area contributed by atoms with Crippen LogP contribution < -0.4 is 5.32 Å². The molecule has 2 saturated carbocycles. The maximum absolute atomic E-state index is 4.04. The monoisotopic (exact) mass is 283 g/mol. The molecule has 1 nitrogen and oxygen atoms in total. The summed E-state index contributed by atoms with van der Waals surface area (Å²) in [5.74, 6) is 2.59. The van der Waals surface area contributed by atoms with E-state index in [1.807, 2.05) is 0 Å². The van der Waals surface area contributed by atoms with Crippen LogP contribution in [0.1, 0.15) is 50.7 Å². The molecule has 1 N–H and O–H groups in total. The molecular formula is C20H29N.